The van der Waals surface area contributed by atoms with Crippen molar-refractivity contribution in [2.24, 2.45) is 0 Å². The molecule has 3 aromatic rings. The van der Waals surface area contributed by atoms with Crippen molar-refractivity contribution in [3.8, 4) is 0 Å². The van der Waals surface area contributed by atoms with Crippen molar-refractivity contribution in [2.75, 3.05) is 5.43 Å². The summed E-state index contributed by atoms with van der Waals surface area (Å²) in [4.78, 5) is 16.1. The van der Waals surface area contributed by atoms with Crippen LogP contribution in [0.15, 0.2) is 79.3 Å². The lowest BCUT2D eigenvalue weighted by Gasteiger charge is -2.02. The van der Waals surface area contributed by atoms with Gasteiger partial charge in [0.2, 0.25) is 6.20 Å². The van der Waals surface area contributed by atoms with Crippen molar-refractivity contribution >= 4 is 5.91 Å². The molecule has 0 bridgehead atoms. The summed E-state index contributed by atoms with van der Waals surface area (Å²) >= 11 is 0. The summed E-state index contributed by atoms with van der Waals surface area (Å²) < 4.78 is 1.66. The minimum Gasteiger partial charge on any atom is -0.262 e. The molecule has 1 amide bonds. The van der Waals surface area contributed by atoms with Crippen LogP contribution in [0.4, 0.5) is 0 Å². The van der Waals surface area contributed by atoms with Crippen molar-refractivity contribution in [3.63, 3.8) is 0 Å². The Hall–Kier alpha value is -3.01. The number of carbonyl (C=O) groups excluding carboxylic acids is 1. The Morgan fingerprint density at radius 2 is 1.73 bits per heavy atom. The summed E-state index contributed by atoms with van der Waals surface area (Å²) in [5.41, 5.74) is 5.54. The van der Waals surface area contributed by atoms with E-state index < -0.39 is 0 Å². The molecule has 2 aromatic heterocycles. The summed E-state index contributed by atoms with van der Waals surface area (Å²) in [7, 11) is 0. The largest absolute Gasteiger partial charge is 0.323 e. The van der Waals surface area contributed by atoms with Crippen LogP contribution in [-0.4, -0.2) is 10.9 Å². The third kappa shape index (κ3) is 3.55. The topological polar surface area (TPSA) is 45.9 Å². The van der Waals surface area contributed by atoms with E-state index in [1.54, 1.807) is 35.3 Å². The molecule has 0 saturated carbocycles. The van der Waals surface area contributed by atoms with Gasteiger partial charge in [-0.3, -0.25) is 9.78 Å². The lowest BCUT2D eigenvalue weighted by atomic mass is 10.1. The highest BCUT2D eigenvalue weighted by Crippen LogP contribution is 2.06. The van der Waals surface area contributed by atoms with Crippen molar-refractivity contribution < 1.29 is 9.47 Å². The van der Waals surface area contributed by atoms with Gasteiger partial charge in [0.25, 0.3) is 0 Å². The Kier molecular flexibility index (Phi) is 4.20. The van der Waals surface area contributed by atoms with Crippen LogP contribution < -0.4 is 10.1 Å². The minimum atomic E-state index is -0.234. The molecule has 4 heteroatoms. The van der Waals surface area contributed by atoms with Gasteiger partial charge in [-0.1, -0.05) is 41.1 Å². The van der Waals surface area contributed by atoms with Gasteiger partial charge in [-0.05, 0) is 23.8 Å². The van der Waals surface area contributed by atoms with Crippen molar-refractivity contribution in [2.45, 2.75) is 6.42 Å². The van der Waals surface area contributed by atoms with Crippen LogP contribution in [0.1, 0.15) is 21.6 Å². The fourth-order valence-corrected chi connectivity index (χ4v) is 2.20. The van der Waals surface area contributed by atoms with E-state index in [2.05, 4.69) is 22.5 Å². The fraction of sp³-hybridized carbons (Fsp3) is 0.0556. The normalized spacial score (nSPS) is 10.2. The van der Waals surface area contributed by atoms with Gasteiger partial charge in [0.1, 0.15) is 5.69 Å². The number of amides is 1. The summed E-state index contributed by atoms with van der Waals surface area (Å²) in [5, 5.41) is 0. The zero-order chi connectivity index (χ0) is 15.2. The van der Waals surface area contributed by atoms with Gasteiger partial charge in [0.15, 0.2) is 6.20 Å². The lowest BCUT2D eigenvalue weighted by Crippen LogP contribution is -2.48. The Morgan fingerprint density at radius 3 is 2.50 bits per heavy atom. The van der Waals surface area contributed by atoms with Gasteiger partial charge in [0, 0.05) is 24.2 Å². The maximum atomic E-state index is 12.1. The molecule has 0 unspecified atom stereocenters. The average Bonchev–Trinajstić information content (AvgIpc) is 2.57. The van der Waals surface area contributed by atoms with Crippen molar-refractivity contribution in [1.82, 2.24) is 4.98 Å². The first kappa shape index (κ1) is 13.9. The number of hydrogen-bond acceptors (Lipinski definition) is 2. The number of rotatable bonds is 4. The summed E-state index contributed by atoms with van der Waals surface area (Å²) in [6.45, 7) is 0. The first-order valence-corrected chi connectivity index (χ1v) is 7.08. The number of nitrogens with one attached hydrogen (secondary N) is 1. The van der Waals surface area contributed by atoms with Crippen molar-refractivity contribution in [1.29, 1.82) is 0 Å². The molecule has 0 saturated heterocycles. The quantitative estimate of drug-likeness (QED) is 0.750. The molecule has 108 valence electrons. The van der Waals surface area contributed by atoms with Crippen LogP contribution in [0, 0.1) is 0 Å². The smallest absolute Gasteiger partial charge is 0.262 e. The van der Waals surface area contributed by atoms with E-state index in [9.17, 15) is 4.79 Å². The molecule has 0 atom stereocenters. The van der Waals surface area contributed by atoms with Gasteiger partial charge >= 0.3 is 5.91 Å². The lowest BCUT2D eigenvalue weighted by molar-refractivity contribution is -0.641. The summed E-state index contributed by atoms with van der Waals surface area (Å²) in [5.74, 6) is -0.234. The predicted molar refractivity (Wildman–Crippen MR) is 83.8 cm³/mol. The molecule has 22 heavy (non-hydrogen) atoms. The first-order chi connectivity index (χ1) is 10.8. The molecular weight excluding hydrogens is 274 g/mol. The highest BCUT2D eigenvalue weighted by molar-refractivity contribution is 5.96. The molecule has 1 N–H and O–H groups in total. The standard InChI is InChI=1S/C18H15N3O/c22-18(17-10-4-5-11-19-17)20-21-12-6-9-16(14-21)13-15-7-2-1-3-8-15/h1-12,14H,13H2/p+1. The molecule has 3 rings (SSSR count). The zero-order valence-electron chi connectivity index (χ0n) is 12.0. The maximum absolute atomic E-state index is 12.1. The molecule has 4 nitrogen and oxygen atoms in total. The third-order valence-electron chi connectivity index (χ3n) is 3.24. The Balaban J connectivity index is 1.73. The van der Waals surface area contributed by atoms with Gasteiger partial charge in [0.05, 0.1) is 0 Å². The van der Waals surface area contributed by atoms with Crippen LogP contribution in [0.3, 0.4) is 0 Å². The molecule has 0 aliphatic rings. The van der Waals surface area contributed by atoms with Gasteiger partial charge in [-0.15, -0.1) is 5.43 Å². The number of carbonyl (C=O) groups is 1. The van der Waals surface area contributed by atoms with E-state index in [0.717, 1.165) is 12.0 Å². The number of nitrogens with zero attached hydrogens (tertiary/aromatic N) is 2. The molecule has 0 spiro atoms. The van der Waals surface area contributed by atoms with Crippen LogP contribution in [0.2, 0.25) is 0 Å². The molecule has 1 aromatic carbocycles. The zero-order valence-corrected chi connectivity index (χ0v) is 12.0. The monoisotopic (exact) mass is 290 g/mol. The number of aromatic nitrogens is 2. The average molecular weight is 290 g/mol. The van der Waals surface area contributed by atoms with E-state index in [0.29, 0.717) is 5.69 Å². The third-order valence-corrected chi connectivity index (χ3v) is 3.24. The highest BCUT2D eigenvalue weighted by Gasteiger charge is 2.12. The Labute approximate surface area is 129 Å². The molecule has 0 aliphatic heterocycles. The van der Waals surface area contributed by atoms with Crippen molar-refractivity contribution in [3.05, 3.63) is 96.1 Å². The molecule has 2 heterocycles. The van der Waals surface area contributed by atoms with E-state index in [-0.39, 0.29) is 5.91 Å². The van der Waals surface area contributed by atoms with Crippen LogP contribution >= 0.6 is 0 Å². The minimum absolute atomic E-state index is 0.234. The van der Waals surface area contributed by atoms with Gasteiger partial charge in [-0.25, -0.2) is 0 Å². The number of benzene rings is 1. The SMILES string of the molecule is O=C(N[n+]1cccc(Cc2ccccc2)c1)c1ccccn1. The highest BCUT2D eigenvalue weighted by atomic mass is 16.2. The van der Waals surface area contributed by atoms with E-state index in [1.165, 1.54) is 5.56 Å². The second-order valence-corrected chi connectivity index (χ2v) is 4.94. The van der Waals surface area contributed by atoms with Crippen LogP contribution in [-0.2, 0) is 6.42 Å². The number of hydrogen-bond donors (Lipinski definition) is 1. The molecule has 0 aliphatic carbocycles. The Morgan fingerprint density at radius 1 is 0.955 bits per heavy atom. The van der Waals surface area contributed by atoms with Crippen LogP contribution in [0.5, 0.6) is 0 Å². The van der Waals surface area contributed by atoms with Gasteiger partial charge < -0.3 is 0 Å². The fourth-order valence-electron chi connectivity index (χ4n) is 2.20. The van der Waals surface area contributed by atoms with E-state index in [1.807, 2.05) is 36.5 Å². The second-order valence-electron chi connectivity index (χ2n) is 4.94. The predicted octanol–water partition coefficient (Wildman–Crippen LogP) is 2.34. The summed E-state index contributed by atoms with van der Waals surface area (Å²) in [6.07, 6.45) is 6.13. The van der Waals surface area contributed by atoms with Crippen LogP contribution in [0.25, 0.3) is 0 Å². The molecule has 0 fully saturated rings. The molecule has 0 radical (unpaired) electrons. The van der Waals surface area contributed by atoms with E-state index in [4.69, 9.17) is 0 Å². The summed E-state index contributed by atoms with van der Waals surface area (Å²) in [6, 6.07) is 19.4. The number of pyridine rings is 2. The Bertz CT molecular complexity index is 758. The molecular formula is C18H16N3O+. The van der Waals surface area contributed by atoms with E-state index >= 15 is 0 Å². The second kappa shape index (κ2) is 6.63. The van der Waals surface area contributed by atoms with Gasteiger partial charge in [-0.2, -0.15) is 0 Å². The first-order valence-electron chi connectivity index (χ1n) is 7.08. The maximum Gasteiger partial charge on any atom is 0.323 e.